The van der Waals surface area contributed by atoms with Crippen molar-refractivity contribution in [3.63, 3.8) is 0 Å². The molecule has 3 fully saturated rings. The number of nitrogens with zero attached hydrogens (tertiary/aromatic N) is 2. The van der Waals surface area contributed by atoms with Gasteiger partial charge in [-0.05, 0) is 19.3 Å². The highest BCUT2D eigenvalue weighted by Gasteiger charge is 2.48. The fourth-order valence-corrected chi connectivity index (χ4v) is 3.89. The smallest absolute Gasteiger partial charge is 0.345 e. The molecule has 0 aliphatic carbocycles. The number of carbonyl (C=O) groups is 4. The molecule has 0 radical (unpaired) electrons. The van der Waals surface area contributed by atoms with E-state index in [1.807, 2.05) is 0 Å². The van der Waals surface area contributed by atoms with Crippen LogP contribution in [0.15, 0.2) is 0 Å². The Kier molecular flexibility index (Phi) is 7.13. The summed E-state index contributed by atoms with van der Waals surface area (Å²) in [5.74, 6) is -1.42. The second-order valence-corrected chi connectivity index (χ2v) is 7.65. The number of carbonyl (C=O) groups excluding carboxylic acids is 4. The van der Waals surface area contributed by atoms with Gasteiger partial charge in [0.1, 0.15) is 6.04 Å². The Hall–Kier alpha value is -2.13. The lowest BCUT2D eigenvalue weighted by molar-refractivity contribution is -0.131. The number of nitrogens with two attached hydrogens (primary N) is 1. The van der Waals surface area contributed by atoms with Gasteiger partial charge in [-0.1, -0.05) is 0 Å². The molecule has 6 N–H and O–H groups in total. The minimum absolute atomic E-state index is 0.0986. The van der Waals surface area contributed by atoms with E-state index in [1.165, 1.54) is 17.1 Å². The number of amides is 5. The Morgan fingerprint density at radius 2 is 2.07 bits per heavy atom. The summed E-state index contributed by atoms with van der Waals surface area (Å²) in [4.78, 5) is 50.1. The molecular weight excluding hydrogens is 406 g/mol. The van der Waals surface area contributed by atoms with E-state index in [-0.39, 0.29) is 18.6 Å². The topological polar surface area (TPSA) is 167 Å². The van der Waals surface area contributed by atoms with Gasteiger partial charge in [0.25, 0.3) is 11.8 Å². The number of hydrazine groups is 1. The minimum Gasteiger partial charge on any atom is -0.345 e. The molecule has 4 atom stereocenters. The monoisotopic (exact) mass is 431 g/mol. The number of hydrogen-bond donors (Lipinski definition) is 5. The van der Waals surface area contributed by atoms with E-state index in [9.17, 15) is 19.2 Å². The number of hydrogen-bond acceptors (Lipinski definition) is 9. The molecule has 0 spiro atoms. The zero-order valence-electron chi connectivity index (χ0n) is 15.9. The van der Waals surface area contributed by atoms with Gasteiger partial charge in [0.2, 0.25) is 5.91 Å². The predicted octanol–water partition coefficient (Wildman–Crippen LogP) is -2.65. The summed E-state index contributed by atoms with van der Waals surface area (Å²) in [6, 6.07) is -1.82. The van der Waals surface area contributed by atoms with E-state index in [1.54, 1.807) is 0 Å². The van der Waals surface area contributed by atoms with Crippen molar-refractivity contribution in [2.75, 3.05) is 26.7 Å². The van der Waals surface area contributed by atoms with Gasteiger partial charge in [0.15, 0.2) is 12.3 Å². The Labute approximate surface area is 171 Å². The van der Waals surface area contributed by atoms with Crippen molar-refractivity contribution in [3.05, 3.63) is 0 Å². The molecule has 0 saturated carbocycles. The fraction of sp³-hybridized carbons (Fsp3) is 0.733. The number of hydroxylamine groups is 2. The van der Waals surface area contributed by atoms with Crippen molar-refractivity contribution >= 4 is 36.1 Å². The lowest BCUT2D eigenvalue weighted by Gasteiger charge is -2.29. The van der Waals surface area contributed by atoms with Crippen LogP contribution in [-0.4, -0.2) is 84.6 Å². The van der Waals surface area contributed by atoms with Crippen molar-refractivity contribution in [1.82, 2.24) is 31.4 Å². The van der Waals surface area contributed by atoms with Gasteiger partial charge in [-0.25, -0.2) is 4.79 Å². The Balaban J connectivity index is 1.41. The van der Waals surface area contributed by atoms with Crippen molar-refractivity contribution < 1.29 is 27.6 Å². The zero-order chi connectivity index (χ0) is 21.0. The van der Waals surface area contributed by atoms with Gasteiger partial charge in [-0.2, -0.15) is 9.35 Å². The first-order valence-electron chi connectivity index (χ1n) is 9.23. The van der Waals surface area contributed by atoms with Gasteiger partial charge in [-0.3, -0.25) is 29.4 Å². The molecule has 2 bridgehead atoms. The molecule has 2 unspecified atom stereocenters. The first-order chi connectivity index (χ1) is 13.9. The maximum absolute atomic E-state index is 12.5. The van der Waals surface area contributed by atoms with Gasteiger partial charge in [0, 0.05) is 19.1 Å². The highest BCUT2D eigenvalue weighted by Crippen LogP contribution is 2.31. The van der Waals surface area contributed by atoms with Gasteiger partial charge >= 0.3 is 6.03 Å². The van der Waals surface area contributed by atoms with E-state index in [2.05, 4.69) is 21.5 Å². The molecule has 0 aromatic heterocycles. The largest absolute Gasteiger partial charge is 0.346 e. The fourth-order valence-electron chi connectivity index (χ4n) is 3.58. The van der Waals surface area contributed by atoms with Crippen LogP contribution in [0.4, 0.5) is 4.79 Å². The van der Waals surface area contributed by atoms with Crippen molar-refractivity contribution in [1.29, 1.82) is 0 Å². The average Bonchev–Trinajstić information content (AvgIpc) is 3.25. The molecule has 3 saturated heterocycles. The molecule has 0 aromatic carbocycles. The molecule has 3 aliphatic rings. The van der Waals surface area contributed by atoms with E-state index in [0.29, 0.717) is 44.7 Å². The summed E-state index contributed by atoms with van der Waals surface area (Å²) in [7, 11) is 1.42. The number of nitrogens with one attached hydrogen (secondary N) is 4. The normalized spacial score (nSPS) is 28.4. The average molecular weight is 431 g/mol. The first kappa shape index (κ1) is 21.6. The van der Waals surface area contributed by atoms with Crippen LogP contribution in [0, 0.1) is 0 Å². The molecule has 29 heavy (non-hydrogen) atoms. The molecule has 5 amide bonds. The Bertz CT molecular complexity index is 667. The third kappa shape index (κ3) is 5.08. The second-order valence-electron chi connectivity index (χ2n) is 7.03. The second kappa shape index (κ2) is 9.58. The number of piperidine rings is 1. The summed E-state index contributed by atoms with van der Waals surface area (Å²) in [5, 5.41) is 6.63. The van der Waals surface area contributed by atoms with Crippen LogP contribution in [0.5, 0.6) is 0 Å². The number of rotatable bonds is 7. The van der Waals surface area contributed by atoms with Crippen LogP contribution < -0.4 is 27.2 Å². The number of fused-ring (bicyclic) bond motifs is 2. The summed E-state index contributed by atoms with van der Waals surface area (Å²) in [6.45, 7) is 0.560. The summed E-state index contributed by atoms with van der Waals surface area (Å²) < 4.78 is 9.93. The zero-order valence-corrected chi connectivity index (χ0v) is 16.7. The van der Waals surface area contributed by atoms with E-state index < -0.39 is 35.8 Å². The lowest BCUT2D eigenvalue weighted by Crippen LogP contribution is -2.54. The predicted molar refractivity (Wildman–Crippen MR) is 100 cm³/mol. The van der Waals surface area contributed by atoms with Crippen LogP contribution >= 0.6 is 12.3 Å². The van der Waals surface area contributed by atoms with Gasteiger partial charge < -0.3 is 21.3 Å². The van der Waals surface area contributed by atoms with E-state index >= 15 is 0 Å². The first-order valence-corrected chi connectivity index (χ1v) is 9.90. The SMILES string of the molecule is COSON1C(=O)N2CC1CC[C@H]2C(=O)NCC(=O)NNC(=O)C1C[C@@H](N)CN1. The lowest BCUT2D eigenvalue weighted by atomic mass is 10.0. The Morgan fingerprint density at radius 3 is 2.76 bits per heavy atom. The summed E-state index contributed by atoms with van der Waals surface area (Å²) in [6.07, 6.45) is 1.52. The number of urea groups is 1. The van der Waals surface area contributed by atoms with Gasteiger partial charge in [-0.15, -0.1) is 0 Å². The van der Waals surface area contributed by atoms with Crippen LogP contribution in [0.3, 0.4) is 0 Å². The summed E-state index contributed by atoms with van der Waals surface area (Å²) >= 11 is 0.678. The molecule has 13 nitrogen and oxygen atoms in total. The standard InChI is InChI=1S/C15H25N7O6S/c1-27-29-28-22-9-2-3-11(21(7-9)15(22)26)14(25)18-6-12(23)19-20-13(24)10-4-8(16)5-17-10/h8-11,17H,2-7,16H2,1H3,(H,18,25)(H,19,23)(H,20,24)/t8-,9?,10?,11+/m1/s1. The van der Waals surface area contributed by atoms with Crippen LogP contribution in [0.2, 0.25) is 0 Å². The van der Waals surface area contributed by atoms with Crippen LogP contribution in [-0.2, 0) is 22.9 Å². The quantitative estimate of drug-likeness (QED) is 0.214. The third-order valence-corrected chi connectivity index (χ3v) is 5.39. The van der Waals surface area contributed by atoms with Crippen molar-refractivity contribution in [2.45, 2.75) is 43.4 Å². The minimum atomic E-state index is -0.688. The molecular formula is C15H25N7O6S. The molecule has 162 valence electrons. The highest BCUT2D eigenvalue weighted by atomic mass is 32.2. The van der Waals surface area contributed by atoms with Gasteiger partial charge in [0.05, 0.1) is 25.7 Å². The van der Waals surface area contributed by atoms with E-state index in [4.69, 9.17) is 14.2 Å². The van der Waals surface area contributed by atoms with Crippen molar-refractivity contribution in [2.24, 2.45) is 5.73 Å². The van der Waals surface area contributed by atoms with Crippen molar-refractivity contribution in [3.8, 4) is 0 Å². The molecule has 0 aromatic rings. The summed E-state index contributed by atoms with van der Waals surface area (Å²) in [5.41, 5.74) is 10.3. The maximum Gasteiger partial charge on any atom is 0.346 e. The third-order valence-electron chi connectivity index (χ3n) is 5.03. The highest BCUT2D eigenvalue weighted by molar-refractivity contribution is 7.89. The molecule has 3 rings (SSSR count). The molecule has 3 heterocycles. The van der Waals surface area contributed by atoms with E-state index in [0.717, 1.165) is 0 Å². The Morgan fingerprint density at radius 1 is 1.28 bits per heavy atom. The maximum atomic E-state index is 12.5. The molecule has 3 aliphatic heterocycles. The van der Waals surface area contributed by atoms with Crippen LogP contribution in [0.25, 0.3) is 0 Å². The van der Waals surface area contributed by atoms with Crippen LogP contribution in [0.1, 0.15) is 19.3 Å². The molecule has 14 heteroatoms.